The van der Waals surface area contributed by atoms with Gasteiger partial charge in [0.25, 0.3) is 0 Å². The molecule has 0 spiro atoms. The molecular formula is C9H11NO4. The van der Waals surface area contributed by atoms with Gasteiger partial charge in [0.15, 0.2) is 0 Å². The highest BCUT2D eigenvalue weighted by molar-refractivity contribution is 5.90. The summed E-state index contributed by atoms with van der Waals surface area (Å²) < 4.78 is 9.67. The van der Waals surface area contributed by atoms with E-state index in [4.69, 9.17) is 14.6 Å². The summed E-state index contributed by atoms with van der Waals surface area (Å²) in [7, 11) is 2.91. The lowest BCUT2D eigenvalue weighted by atomic mass is 10.2. The van der Waals surface area contributed by atoms with Crippen LogP contribution in [-0.2, 0) is 11.3 Å². The first-order chi connectivity index (χ1) is 6.69. The summed E-state index contributed by atoms with van der Waals surface area (Å²) in [5.74, 6) is -0.954. The van der Waals surface area contributed by atoms with Crippen LogP contribution in [0.2, 0.25) is 0 Å². The molecule has 1 aromatic rings. The summed E-state index contributed by atoms with van der Waals surface area (Å²) in [6.07, 6.45) is 1.52. The third-order valence-electron chi connectivity index (χ3n) is 1.64. The van der Waals surface area contributed by atoms with Crippen LogP contribution >= 0.6 is 0 Å². The molecule has 0 aromatic carbocycles. The lowest BCUT2D eigenvalue weighted by molar-refractivity contribution is 0.0692. The van der Waals surface area contributed by atoms with E-state index in [0.29, 0.717) is 12.2 Å². The third-order valence-corrected chi connectivity index (χ3v) is 1.64. The van der Waals surface area contributed by atoms with Crippen molar-refractivity contribution in [2.45, 2.75) is 6.61 Å². The van der Waals surface area contributed by atoms with Crippen LogP contribution in [0.25, 0.3) is 0 Å². The maximum absolute atomic E-state index is 10.8. The van der Waals surface area contributed by atoms with Gasteiger partial charge in [-0.3, -0.25) is 0 Å². The molecule has 0 fully saturated rings. The van der Waals surface area contributed by atoms with Gasteiger partial charge in [-0.15, -0.1) is 0 Å². The molecule has 0 aliphatic carbocycles. The molecule has 1 rings (SSSR count). The average Bonchev–Trinajstić information content (AvgIpc) is 2.18. The molecule has 0 saturated carbocycles. The largest absolute Gasteiger partial charge is 0.480 e. The van der Waals surface area contributed by atoms with Gasteiger partial charge in [0, 0.05) is 13.3 Å². The van der Waals surface area contributed by atoms with E-state index in [-0.39, 0.29) is 11.4 Å². The lowest BCUT2D eigenvalue weighted by Crippen LogP contribution is -2.04. The molecule has 0 atom stereocenters. The predicted octanol–water partition coefficient (Wildman–Crippen LogP) is 0.935. The van der Waals surface area contributed by atoms with Gasteiger partial charge < -0.3 is 14.6 Å². The Kier molecular flexibility index (Phi) is 3.41. The number of carboxylic acid groups (broad SMARTS) is 1. The van der Waals surface area contributed by atoms with Gasteiger partial charge in [-0.2, -0.15) is 0 Å². The number of aromatic nitrogens is 1. The number of carbonyl (C=O) groups is 1. The SMILES string of the molecule is COCc1cnc(OC)c(C(=O)O)c1. The summed E-state index contributed by atoms with van der Waals surface area (Å²) in [5, 5.41) is 8.83. The van der Waals surface area contributed by atoms with E-state index in [9.17, 15) is 4.79 Å². The summed E-state index contributed by atoms with van der Waals surface area (Å²) in [5.41, 5.74) is 0.743. The fraction of sp³-hybridized carbons (Fsp3) is 0.333. The van der Waals surface area contributed by atoms with Crippen molar-refractivity contribution in [3.63, 3.8) is 0 Å². The molecule has 1 N–H and O–H groups in total. The Morgan fingerprint density at radius 3 is 2.79 bits per heavy atom. The van der Waals surface area contributed by atoms with Gasteiger partial charge in [-0.25, -0.2) is 9.78 Å². The Labute approximate surface area is 81.3 Å². The number of hydrogen-bond acceptors (Lipinski definition) is 4. The lowest BCUT2D eigenvalue weighted by Gasteiger charge is -2.05. The zero-order chi connectivity index (χ0) is 10.6. The van der Waals surface area contributed by atoms with Crippen molar-refractivity contribution in [1.82, 2.24) is 4.98 Å². The number of carboxylic acids is 1. The Hall–Kier alpha value is -1.62. The number of rotatable bonds is 4. The van der Waals surface area contributed by atoms with Crippen LogP contribution in [0.4, 0.5) is 0 Å². The quantitative estimate of drug-likeness (QED) is 0.777. The highest BCUT2D eigenvalue weighted by Crippen LogP contribution is 2.16. The number of nitrogens with zero attached hydrogens (tertiary/aromatic N) is 1. The van der Waals surface area contributed by atoms with Gasteiger partial charge in [-0.1, -0.05) is 0 Å². The maximum Gasteiger partial charge on any atom is 0.341 e. The topological polar surface area (TPSA) is 68.7 Å². The van der Waals surface area contributed by atoms with Crippen molar-refractivity contribution in [2.75, 3.05) is 14.2 Å². The summed E-state index contributed by atoms with van der Waals surface area (Å²) in [6.45, 7) is 0.331. The molecule has 5 heteroatoms. The second-order valence-electron chi connectivity index (χ2n) is 2.64. The number of aromatic carboxylic acids is 1. The highest BCUT2D eigenvalue weighted by Gasteiger charge is 2.12. The van der Waals surface area contributed by atoms with Crippen LogP contribution < -0.4 is 4.74 Å². The fourth-order valence-electron chi connectivity index (χ4n) is 1.06. The first-order valence-electron chi connectivity index (χ1n) is 3.94. The third kappa shape index (κ3) is 2.20. The van der Waals surface area contributed by atoms with E-state index < -0.39 is 5.97 Å². The molecule has 0 aliphatic heterocycles. The van der Waals surface area contributed by atoms with Crippen LogP contribution in [-0.4, -0.2) is 30.3 Å². The summed E-state index contributed by atoms with van der Waals surface area (Å²) >= 11 is 0. The van der Waals surface area contributed by atoms with Crippen molar-refractivity contribution in [1.29, 1.82) is 0 Å². The number of hydrogen-bond donors (Lipinski definition) is 1. The van der Waals surface area contributed by atoms with Crippen molar-refractivity contribution >= 4 is 5.97 Å². The van der Waals surface area contributed by atoms with Crippen molar-refractivity contribution in [2.24, 2.45) is 0 Å². The van der Waals surface area contributed by atoms with E-state index in [2.05, 4.69) is 4.98 Å². The zero-order valence-corrected chi connectivity index (χ0v) is 7.98. The van der Waals surface area contributed by atoms with E-state index in [1.165, 1.54) is 26.5 Å². The second kappa shape index (κ2) is 4.57. The standard InChI is InChI=1S/C9H11NO4/c1-13-5-6-3-7(9(11)12)8(14-2)10-4-6/h3-4H,5H2,1-2H3,(H,11,12). The van der Waals surface area contributed by atoms with Crippen LogP contribution in [0, 0.1) is 0 Å². The molecule has 0 bridgehead atoms. The Morgan fingerprint density at radius 1 is 1.57 bits per heavy atom. The monoisotopic (exact) mass is 197 g/mol. The molecule has 1 heterocycles. The second-order valence-corrected chi connectivity index (χ2v) is 2.64. The highest BCUT2D eigenvalue weighted by atomic mass is 16.5. The van der Waals surface area contributed by atoms with Crippen LogP contribution in [0.15, 0.2) is 12.3 Å². The predicted molar refractivity (Wildman–Crippen MR) is 48.5 cm³/mol. The van der Waals surface area contributed by atoms with Crippen LogP contribution in [0.5, 0.6) is 5.88 Å². The first kappa shape index (κ1) is 10.5. The molecule has 0 unspecified atom stereocenters. The molecule has 5 nitrogen and oxygen atoms in total. The first-order valence-corrected chi connectivity index (χ1v) is 3.94. The van der Waals surface area contributed by atoms with Crippen molar-refractivity contribution in [3.8, 4) is 5.88 Å². The minimum atomic E-state index is -1.06. The van der Waals surface area contributed by atoms with E-state index >= 15 is 0 Å². The Bertz CT molecular complexity index is 338. The molecule has 0 saturated heterocycles. The fourth-order valence-corrected chi connectivity index (χ4v) is 1.06. The molecule has 14 heavy (non-hydrogen) atoms. The minimum Gasteiger partial charge on any atom is -0.480 e. The summed E-state index contributed by atoms with van der Waals surface area (Å²) in [6, 6.07) is 1.48. The molecule has 0 aliphatic rings. The van der Waals surface area contributed by atoms with E-state index in [1.807, 2.05) is 0 Å². The normalized spacial score (nSPS) is 9.86. The number of ether oxygens (including phenoxy) is 2. The van der Waals surface area contributed by atoms with Gasteiger partial charge >= 0.3 is 5.97 Å². The van der Waals surface area contributed by atoms with Gasteiger partial charge in [0.2, 0.25) is 5.88 Å². The van der Waals surface area contributed by atoms with Crippen molar-refractivity contribution in [3.05, 3.63) is 23.4 Å². The number of methoxy groups -OCH3 is 2. The molecule has 0 radical (unpaired) electrons. The summed E-state index contributed by atoms with van der Waals surface area (Å²) in [4.78, 5) is 14.6. The van der Waals surface area contributed by atoms with Gasteiger partial charge in [-0.05, 0) is 11.6 Å². The minimum absolute atomic E-state index is 0.0436. The Morgan fingerprint density at radius 2 is 2.29 bits per heavy atom. The van der Waals surface area contributed by atoms with Gasteiger partial charge in [0.1, 0.15) is 5.56 Å². The van der Waals surface area contributed by atoms with Crippen LogP contribution in [0.3, 0.4) is 0 Å². The average molecular weight is 197 g/mol. The maximum atomic E-state index is 10.8. The smallest absolute Gasteiger partial charge is 0.341 e. The zero-order valence-electron chi connectivity index (χ0n) is 7.98. The van der Waals surface area contributed by atoms with E-state index in [1.54, 1.807) is 0 Å². The molecule has 1 aromatic heterocycles. The Balaban J connectivity index is 3.07. The van der Waals surface area contributed by atoms with Crippen LogP contribution in [0.1, 0.15) is 15.9 Å². The van der Waals surface area contributed by atoms with Gasteiger partial charge in [0.05, 0.1) is 13.7 Å². The molecule has 76 valence electrons. The van der Waals surface area contributed by atoms with Crippen molar-refractivity contribution < 1.29 is 19.4 Å². The molecule has 0 amide bonds. The number of pyridine rings is 1. The molecular weight excluding hydrogens is 186 g/mol. The van der Waals surface area contributed by atoms with E-state index in [0.717, 1.165) is 0 Å².